The van der Waals surface area contributed by atoms with Gasteiger partial charge in [-0.15, -0.1) is 0 Å². The quantitative estimate of drug-likeness (QED) is 0.598. The number of para-hydroxylation sites is 1. The molecule has 0 saturated carbocycles. The van der Waals surface area contributed by atoms with Crippen molar-refractivity contribution in [2.75, 3.05) is 63.5 Å². The Hall–Kier alpha value is -2.77. The highest BCUT2D eigenvalue weighted by Crippen LogP contribution is 2.21. The van der Waals surface area contributed by atoms with Crippen molar-refractivity contribution in [2.45, 2.75) is 6.42 Å². The first kappa shape index (κ1) is 20.5. The molecule has 0 aliphatic carbocycles. The molecule has 0 radical (unpaired) electrons. The zero-order valence-corrected chi connectivity index (χ0v) is 17.4. The summed E-state index contributed by atoms with van der Waals surface area (Å²) < 4.78 is 13.4. The van der Waals surface area contributed by atoms with E-state index in [1.54, 1.807) is 12.1 Å². The van der Waals surface area contributed by atoms with Crippen molar-refractivity contribution >= 4 is 22.7 Å². The number of nitrogens with zero attached hydrogens (tertiary/aromatic N) is 4. The average Bonchev–Trinajstić information content (AvgIpc) is 2.75. The Kier molecular flexibility index (Phi) is 6.71. The molecule has 1 aromatic heterocycles. The second-order valence-electron chi connectivity index (χ2n) is 7.79. The predicted molar refractivity (Wildman–Crippen MR) is 121 cm³/mol. The molecule has 7 heteroatoms. The number of hydrogen-bond acceptors (Lipinski definition) is 6. The summed E-state index contributed by atoms with van der Waals surface area (Å²) in [5, 5.41) is 7.82. The molecule has 30 heavy (non-hydrogen) atoms. The van der Waals surface area contributed by atoms with Gasteiger partial charge in [-0.05, 0) is 43.3 Å². The molecule has 0 bridgehead atoms. The van der Waals surface area contributed by atoms with E-state index < -0.39 is 0 Å². The predicted octanol–water partition coefficient (Wildman–Crippen LogP) is 3.08. The first-order valence-electron chi connectivity index (χ1n) is 10.6. The molecule has 1 fully saturated rings. The van der Waals surface area contributed by atoms with E-state index in [9.17, 15) is 4.39 Å². The number of benzene rings is 2. The van der Waals surface area contributed by atoms with Gasteiger partial charge >= 0.3 is 0 Å². The topological polar surface area (TPSA) is 56.3 Å². The fourth-order valence-corrected chi connectivity index (χ4v) is 3.71. The van der Waals surface area contributed by atoms with Crippen LogP contribution in [-0.4, -0.2) is 72.6 Å². The number of anilines is 2. The monoisotopic (exact) mass is 408 g/mol. The molecule has 4 rings (SSSR count). The molecule has 2 heterocycles. The Bertz CT molecular complexity index is 971. The van der Waals surface area contributed by atoms with Gasteiger partial charge in [-0.2, -0.15) is 4.98 Å². The van der Waals surface area contributed by atoms with Crippen molar-refractivity contribution in [2.24, 2.45) is 0 Å². The highest BCUT2D eigenvalue weighted by atomic mass is 19.1. The highest BCUT2D eigenvalue weighted by molar-refractivity contribution is 5.90. The molecule has 2 aromatic carbocycles. The molecule has 0 unspecified atom stereocenters. The average molecular weight is 409 g/mol. The summed E-state index contributed by atoms with van der Waals surface area (Å²) in [6.45, 7) is 6.93. The summed E-state index contributed by atoms with van der Waals surface area (Å²) in [4.78, 5) is 14.2. The van der Waals surface area contributed by atoms with Gasteiger partial charge in [-0.1, -0.05) is 24.3 Å². The normalized spacial score (nSPS) is 15.4. The third-order valence-corrected chi connectivity index (χ3v) is 5.51. The van der Waals surface area contributed by atoms with Gasteiger partial charge in [-0.3, -0.25) is 4.90 Å². The molecule has 3 aromatic rings. The largest absolute Gasteiger partial charge is 0.368 e. The van der Waals surface area contributed by atoms with Crippen LogP contribution in [0, 0.1) is 5.82 Å². The van der Waals surface area contributed by atoms with Crippen molar-refractivity contribution < 1.29 is 4.39 Å². The van der Waals surface area contributed by atoms with E-state index in [4.69, 9.17) is 4.98 Å². The zero-order valence-electron chi connectivity index (χ0n) is 17.4. The van der Waals surface area contributed by atoms with Crippen molar-refractivity contribution in [3.63, 3.8) is 0 Å². The standard InChI is InChI=1S/C23H29FN6/c1-29-13-15-30(16-14-29)12-11-25-22-20-7-2-3-8-21(20)27-23(28-22)26-10-9-18-5-4-6-19(24)17-18/h2-8,17H,9-16H2,1H3,(H2,25,26,27,28). The van der Waals surface area contributed by atoms with Gasteiger partial charge in [0, 0.05) is 51.2 Å². The molecule has 0 spiro atoms. The number of piperazine rings is 1. The number of aromatic nitrogens is 2. The Morgan fingerprint density at radius 3 is 2.60 bits per heavy atom. The van der Waals surface area contributed by atoms with E-state index in [2.05, 4.69) is 32.5 Å². The lowest BCUT2D eigenvalue weighted by Crippen LogP contribution is -2.45. The van der Waals surface area contributed by atoms with Crippen LogP contribution in [0.15, 0.2) is 48.5 Å². The van der Waals surface area contributed by atoms with Crippen LogP contribution in [0.5, 0.6) is 0 Å². The molecule has 1 aliphatic heterocycles. The summed E-state index contributed by atoms with van der Waals surface area (Å²) in [5.74, 6) is 1.23. The summed E-state index contributed by atoms with van der Waals surface area (Å²) >= 11 is 0. The van der Waals surface area contributed by atoms with Crippen LogP contribution < -0.4 is 10.6 Å². The van der Waals surface area contributed by atoms with Gasteiger partial charge in [0.2, 0.25) is 5.95 Å². The summed E-state index contributed by atoms with van der Waals surface area (Å²) in [6, 6.07) is 14.7. The maximum absolute atomic E-state index is 13.4. The number of nitrogens with one attached hydrogen (secondary N) is 2. The van der Waals surface area contributed by atoms with Crippen molar-refractivity contribution in [3.8, 4) is 0 Å². The van der Waals surface area contributed by atoms with Gasteiger partial charge in [-0.25, -0.2) is 9.37 Å². The Morgan fingerprint density at radius 1 is 0.933 bits per heavy atom. The third kappa shape index (κ3) is 5.43. The molecule has 1 aliphatic rings. The van der Waals surface area contributed by atoms with Crippen molar-refractivity contribution in [1.29, 1.82) is 0 Å². The van der Waals surface area contributed by atoms with Crippen LogP contribution in [0.4, 0.5) is 16.2 Å². The zero-order chi connectivity index (χ0) is 20.8. The second kappa shape index (κ2) is 9.82. The molecule has 158 valence electrons. The smallest absolute Gasteiger partial charge is 0.225 e. The summed E-state index contributed by atoms with van der Waals surface area (Å²) in [6.07, 6.45) is 0.708. The maximum atomic E-state index is 13.4. The summed E-state index contributed by atoms with van der Waals surface area (Å²) in [7, 11) is 2.17. The molecular weight excluding hydrogens is 379 g/mol. The third-order valence-electron chi connectivity index (χ3n) is 5.51. The minimum absolute atomic E-state index is 0.207. The van der Waals surface area contributed by atoms with Crippen molar-refractivity contribution in [3.05, 3.63) is 59.9 Å². The lowest BCUT2D eigenvalue weighted by Gasteiger charge is -2.32. The fraction of sp³-hybridized carbons (Fsp3) is 0.391. The van der Waals surface area contributed by atoms with Gasteiger partial charge in [0.05, 0.1) is 5.52 Å². The molecule has 0 amide bonds. The molecule has 1 saturated heterocycles. The maximum Gasteiger partial charge on any atom is 0.225 e. The van der Waals surface area contributed by atoms with E-state index >= 15 is 0 Å². The van der Waals surface area contributed by atoms with Gasteiger partial charge in [0.1, 0.15) is 11.6 Å². The van der Waals surface area contributed by atoms with E-state index in [0.717, 1.165) is 61.6 Å². The summed E-state index contributed by atoms with van der Waals surface area (Å²) in [5.41, 5.74) is 1.86. The van der Waals surface area contributed by atoms with Gasteiger partial charge < -0.3 is 15.5 Å². The van der Waals surface area contributed by atoms with E-state index in [-0.39, 0.29) is 5.82 Å². The van der Waals surface area contributed by atoms with Crippen LogP contribution >= 0.6 is 0 Å². The molecular formula is C23H29FN6. The number of fused-ring (bicyclic) bond motifs is 1. The van der Waals surface area contributed by atoms with Crippen LogP contribution in [0.25, 0.3) is 10.9 Å². The molecule has 0 atom stereocenters. The number of halogens is 1. The first-order valence-corrected chi connectivity index (χ1v) is 10.6. The van der Waals surface area contributed by atoms with Crippen LogP contribution in [0.1, 0.15) is 5.56 Å². The van der Waals surface area contributed by atoms with E-state index in [1.807, 2.05) is 30.3 Å². The van der Waals surface area contributed by atoms with Crippen molar-refractivity contribution in [1.82, 2.24) is 19.8 Å². The van der Waals surface area contributed by atoms with Crippen LogP contribution in [0.2, 0.25) is 0 Å². The SMILES string of the molecule is CN1CCN(CCNc2nc(NCCc3cccc(F)c3)nc3ccccc23)CC1. The van der Waals surface area contributed by atoms with Gasteiger partial charge in [0.25, 0.3) is 0 Å². The van der Waals surface area contributed by atoms with E-state index in [0.29, 0.717) is 18.9 Å². The molecule has 6 nitrogen and oxygen atoms in total. The lowest BCUT2D eigenvalue weighted by atomic mass is 10.1. The fourth-order valence-electron chi connectivity index (χ4n) is 3.71. The second-order valence-corrected chi connectivity index (χ2v) is 7.79. The van der Waals surface area contributed by atoms with E-state index in [1.165, 1.54) is 6.07 Å². The minimum Gasteiger partial charge on any atom is -0.368 e. The molecule has 2 N–H and O–H groups in total. The Balaban J connectivity index is 1.39. The van der Waals surface area contributed by atoms with Crippen LogP contribution in [0.3, 0.4) is 0 Å². The minimum atomic E-state index is -0.207. The highest BCUT2D eigenvalue weighted by Gasteiger charge is 2.13. The van der Waals surface area contributed by atoms with Crippen LogP contribution in [-0.2, 0) is 6.42 Å². The lowest BCUT2D eigenvalue weighted by molar-refractivity contribution is 0.158. The number of hydrogen-bond donors (Lipinski definition) is 2. The van der Waals surface area contributed by atoms with Gasteiger partial charge in [0.15, 0.2) is 0 Å². The first-order chi connectivity index (χ1) is 14.7. The number of rotatable bonds is 8. The number of likely N-dealkylation sites (N-methyl/N-ethyl adjacent to an activating group) is 1. The Labute approximate surface area is 177 Å². The Morgan fingerprint density at radius 2 is 1.77 bits per heavy atom.